The lowest BCUT2D eigenvalue weighted by molar-refractivity contribution is -0.123. The first-order chi connectivity index (χ1) is 9.66. The maximum Gasteiger partial charge on any atom is 0.277 e. The molecule has 1 aromatic rings. The molecule has 0 radical (unpaired) electrons. The summed E-state index contributed by atoms with van der Waals surface area (Å²) in [5.74, 6) is 1.36. The van der Waals surface area contributed by atoms with E-state index >= 15 is 0 Å². The van der Waals surface area contributed by atoms with Crippen LogP contribution in [-0.2, 0) is 21.1 Å². The SMILES string of the molecule is CC(C)(C)C(=O)CSc1nnc(C[C@@H]2CCS(=O)(=O)C2)o1. The molecule has 0 unspecified atom stereocenters. The Hall–Kier alpha value is -0.890. The lowest BCUT2D eigenvalue weighted by atomic mass is 9.92. The first-order valence-electron chi connectivity index (χ1n) is 6.84. The maximum atomic E-state index is 11.8. The third-order valence-electron chi connectivity index (χ3n) is 3.40. The minimum Gasteiger partial charge on any atom is -0.416 e. The van der Waals surface area contributed by atoms with Gasteiger partial charge in [0.25, 0.3) is 5.22 Å². The molecule has 6 nitrogen and oxygen atoms in total. The fourth-order valence-electron chi connectivity index (χ4n) is 2.00. The molecule has 0 aromatic carbocycles. The Morgan fingerprint density at radius 1 is 1.38 bits per heavy atom. The molecule has 1 saturated heterocycles. The van der Waals surface area contributed by atoms with Crippen LogP contribution in [0.2, 0.25) is 0 Å². The van der Waals surface area contributed by atoms with Gasteiger partial charge in [0, 0.05) is 11.8 Å². The Morgan fingerprint density at radius 2 is 2.10 bits per heavy atom. The summed E-state index contributed by atoms with van der Waals surface area (Å²) >= 11 is 1.23. The quantitative estimate of drug-likeness (QED) is 0.759. The molecule has 21 heavy (non-hydrogen) atoms. The Bertz CT molecular complexity index is 616. The standard InChI is InChI=1S/C13H20N2O4S2/c1-13(2,3)10(16)7-20-12-15-14-11(19-12)6-9-4-5-21(17,18)8-9/h9H,4-8H2,1-3H3/t9-/m0/s1. The van der Waals surface area contributed by atoms with Crippen molar-refractivity contribution in [1.29, 1.82) is 0 Å². The fourth-order valence-corrected chi connectivity index (χ4v) is 4.81. The second-order valence-corrected chi connectivity index (χ2v) is 9.55. The van der Waals surface area contributed by atoms with E-state index in [1.165, 1.54) is 11.8 Å². The summed E-state index contributed by atoms with van der Waals surface area (Å²) in [6.45, 7) is 5.61. The molecule has 1 aromatic heterocycles. The second-order valence-electron chi connectivity index (χ2n) is 6.40. The van der Waals surface area contributed by atoms with Crippen LogP contribution >= 0.6 is 11.8 Å². The van der Waals surface area contributed by atoms with Crippen LogP contribution in [0.4, 0.5) is 0 Å². The fraction of sp³-hybridized carbons (Fsp3) is 0.769. The van der Waals surface area contributed by atoms with E-state index in [1.807, 2.05) is 20.8 Å². The molecule has 8 heteroatoms. The summed E-state index contributed by atoms with van der Waals surface area (Å²) in [5.41, 5.74) is -0.381. The highest BCUT2D eigenvalue weighted by atomic mass is 32.2. The van der Waals surface area contributed by atoms with Crippen LogP contribution in [0.3, 0.4) is 0 Å². The van der Waals surface area contributed by atoms with Gasteiger partial charge in [0.1, 0.15) is 5.78 Å². The highest BCUT2D eigenvalue weighted by molar-refractivity contribution is 7.99. The van der Waals surface area contributed by atoms with Crippen molar-refractivity contribution < 1.29 is 17.6 Å². The van der Waals surface area contributed by atoms with Crippen molar-refractivity contribution in [2.45, 2.75) is 38.8 Å². The monoisotopic (exact) mass is 332 g/mol. The van der Waals surface area contributed by atoms with Gasteiger partial charge in [-0.1, -0.05) is 32.5 Å². The highest BCUT2D eigenvalue weighted by Crippen LogP contribution is 2.25. The van der Waals surface area contributed by atoms with Crippen molar-refractivity contribution >= 4 is 27.4 Å². The topological polar surface area (TPSA) is 90.1 Å². The van der Waals surface area contributed by atoms with Gasteiger partial charge in [-0.3, -0.25) is 4.79 Å². The predicted molar refractivity (Wildman–Crippen MR) is 79.9 cm³/mol. The van der Waals surface area contributed by atoms with E-state index < -0.39 is 9.84 Å². The molecule has 0 spiro atoms. The van der Waals surface area contributed by atoms with Crippen LogP contribution in [0.1, 0.15) is 33.1 Å². The van der Waals surface area contributed by atoms with Gasteiger partial charge in [-0.25, -0.2) is 8.42 Å². The van der Waals surface area contributed by atoms with Crippen LogP contribution < -0.4 is 0 Å². The molecule has 2 heterocycles. The number of carbonyl (C=O) groups excluding carboxylic acids is 1. The number of ketones is 1. The average Bonchev–Trinajstić information content (AvgIpc) is 2.92. The number of rotatable bonds is 5. The molecule has 0 bridgehead atoms. The van der Waals surface area contributed by atoms with E-state index in [1.54, 1.807) is 0 Å². The number of Topliss-reactive ketones (excluding diaryl/α,β-unsaturated/α-hetero) is 1. The number of thioether (sulfide) groups is 1. The first-order valence-corrected chi connectivity index (χ1v) is 9.65. The van der Waals surface area contributed by atoms with Crippen molar-refractivity contribution in [3.63, 3.8) is 0 Å². The number of hydrogen-bond donors (Lipinski definition) is 0. The zero-order valence-electron chi connectivity index (χ0n) is 12.5. The minimum atomic E-state index is -2.89. The van der Waals surface area contributed by atoms with Crippen LogP contribution in [-0.4, -0.2) is 41.7 Å². The highest BCUT2D eigenvalue weighted by Gasteiger charge is 2.29. The largest absolute Gasteiger partial charge is 0.416 e. The Kier molecular flexibility index (Phi) is 4.77. The molecule has 0 saturated carbocycles. The minimum absolute atomic E-state index is 0.0597. The molecular formula is C13H20N2O4S2. The smallest absolute Gasteiger partial charge is 0.277 e. The molecule has 0 aliphatic carbocycles. The summed E-state index contributed by atoms with van der Waals surface area (Å²) in [6, 6.07) is 0. The van der Waals surface area contributed by atoms with Crippen LogP contribution in [0, 0.1) is 11.3 Å². The first kappa shape index (κ1) is 16.5. The van der Waals surface area contributed by atoms with Crippen LogP contribution in [0.15, 0.2) is 9.64 Å². The van der Waals surface area contributed by atoms with Crippen molar-refractivity contribution in [2.75, 3.05) is 17.3 Å². The predicted octanol–water partition coefficient (Wildman–Crippen LogP) is 1.75. The number of aromatic nitrogens is 2. The Balaban J connectivity index is 1.86. The lowest BCUT2D eigenvalue weighted by Gasteiger charge is -2.14. The number of carbonyl (C=O) groups is 1. The molecule has 2 rings (SSSR count). The maximum absolute atomic E-state index is 11.8. The lowest BCUT2D eigenvalue weighted by Crippen LogP contribution is -2.21. The third-order valence-corrected chi connectivity index (χ3v) is 6.06. The van der Waals surface area contributed by atoms with Gasteiger partial charge in [-0.05, 0) is 12.3 Å². The van der Waals surface area contributed by atoms with E-state index in [9.17, 15) is 13.2 Å². The van der Waals surface area contributed by atoms with Gasteiger partial charge < -0.3 is 4.42 Å². The molecule has 1 aliphatic heterocycles. The molecule has 1 atom stereocenters. The van der Waals surface area contributed by atoms with Gasteiger partial charge in [-0.15, -0.1) is 10.2 Å². The summed E-state index contributed by atoms with van der Waals surface area (Å²) in [4.78, 5) is 11.8. The van der Waals surface area contributed by atoms with Gasteiger partial charge >= 0.3 is 0 Å². The van der Waals surface area contributed by atoms with E-state index in [-0.39, 0.29) is 28.6 Å². The molecule has 118 valence electrons. The molecule has 1 aliphatic rings. The van der Waals surface area contributed by atoms with Gasteiger partial charge in [-0.2, -0.15) is 0 Å². The summed E-state index contributed by atoms with van der Waals surface area (Å²) in [6.07, 6.45) is 1.13. The van der Waals surface area contributed by atoms with Crippen molar-refractivity contribution in [3.05, 3.63) is 5.89 Å². The van der Waals surface area contributed by atoms with Crippen LogP contribution in [0.5, 0.6) is 0 Å². The Labute approximate surface area is 129 Å². The van der Waals surface area contributed by atoms with E-state index in [0.717, 1.165) is 0 Å². The third kappa shape index (κ3) is 4.81. The average molecular weight is 332 g/mol. The summed E-state index contributed by atoms with van der Waals surface area (Å²) < 4.78 is 28.3. The van der Waals surface area contributed by atoms with E-state index in [4.69, 9.17) is 4.42 Å². The Morgan fingerprint density at radius 3 is 2.67 bits per heavy atom. The number of sulfone groups is 1. The number of hydrogen-bond acceptors (Lipinski definition) is 7. The van der Waals surface area contributed by atoms with Gasteiger partial charge in [0.05, 0.1) is 17.3 Å². The zero-order valence-corrected chi connectivity index (χ0v) is 14.1. The normalized spacial score (nSPS) is 21.6. The van der Waals surface area contributed by atoms with Crippen LogP contribution in [0.25, 0.3) is 0 Å². The van der Waals surface area contributed by atoms with E-state index in [2.05, 4.69) is 10.2 Å². The van der Waals surface area contributed by atoms with E-state index in [0.29, 0.717) is 29.7 Å². The molecular weight excluding hydrogens is 312 g/mol. The van der Waals surface area contributed by atoms with Gasteiger partial charge in [0.15, 0.2) is 9.84 Å². The van der Waals surface area contributed by atoms with Crippen molar-refractivity contribution in [2.24, 2.45) is 11.3 Å². The molecule has 1 fully saturated rings. The number of nitrogens with zero attached hydrogens (tertiary/aromatic N) is 2. The summed E-state index contributed by atoms with van der Waals surface area (Å²) in [7, 11) is -2.89. The van der Waals surface area contributed by atoms with Gasteiger partial charge in [0.2, 0.25) is 5.89 Å². The molecule has 0 N–H and O–H groups in total. The van der Waals surface area contributed by atoms with Crippen molar-refractivity contribution in [1.82, 2.24) is 10.2 Å². The zero-order chi connectivity index (χ0) is 15.7. The summed E-state index contributed by atoms with van der Waals surface area (Å²) in [5, 5.41) is 8.18. The molecule has 0 amide bonds. The van der Waals surface area contributed by atoms with Crippen molar-refractivity contribution in [3.8, 4) is 0 Å². The second kappa shape index (κ2) is 6.08.